The average molecular weight is 435 g/mol. The summed E-state index contributed by atoms with van der Waals surface area (Å²) in [6.45, 7) is 6.00. The van der Waals surface area contributed by atoms with Crippen molar-refractivity contribution in [3.63, 3.8) is 0 Å². The number of hydrogen-bond donors (Lipinski definition) is 0. The van der Waals surface area contributed by atoms with Crippen molar-refractivity contribution in [2.24, 2.45) is 0 Å². The first-order valence-corrected chi connectivity index (χ1v) is 10.5. The Kier molecular flexibility index (Phi) is 5.40. The van der Waals surface area contributed by atoms with Crippen molar-refractivity contribution >= 4 is 17.1 Å². The molecular weight excluding hydrogens is 410 g/mol. The first-order valence-electron chi connectivity index (χ1n) is 10.5. The molecule has 1 fully saturated rings. The maximum Gasteiger partial charge on any atom is 0.298 e. The molecule has 1 aliphatic heterocycles. The molecule has 0 aliphatic carbocycles. The van der Waals surface area contributed by atoms with Gasteiger partial charge in [-0.05, 0) is 42.8 Å². The summed E-state index contributed by atoms with van der Waals surface area (Å²) in [5.41, 5.74) is 3.71. The molecule has 3 heterocycles. The van der Waals surface area contributed by atoms with Crippen molar-refractivity contribution in [1.29, 1.82) is 0 Å². The number of anilines is 1. The SMILES string of the molecule is COc1ccc(-c2noc(CN3CCN(c4nc5cc(C)ccc5o4)CC3)n2)cc1OC. The molecule has 1 saturated heterocycles. The third kappa shape index (κ3) is 3.99. The van der Waals surface area contributed by atoms with E-state index in [1.54, 1.807) is 14.2 Å². The second kappa shape index (κ2) is 8.51. The van der Waals surface area contributed by atoms with Crippen LogP contribution in [0, 0.1) is 6.92 Å². The third-order valence-electron chi connectivity index (χ3n) is 5.64. The lowest BCUT2D eigenvalue weighted by molar-refractivity contribution is 0.213. The van der Waals surface area contributed by atoms with Crippen LogP contribution in [0.4, 0.5) is 6.01 Å². The fourth-order valence-electron chi connectivity index (χ4n) is 3.86. The molecule has 2 aromatic heterocycles. The van der Waals surface area contributed by atoms with E-state index < -0.39 is 0 Å². The highest BCUT2D eigenvalue weighted by Gasteiger charge is 2.23. The van der Waals surface area contributed by atoms with E-state index in [9.17, 15) is 0 Å². The van der Waals surface area contributed by atoms with Gasteiger partial charge < -0.3 is 23.3 Å². The Bertz CT molecular complexity index is 1230. The van der Waals surface area contributed by atoms with Crippen molar-refractivity contribution in [1.82, 2.24) is 20.0 Å². The van der Waals surface area contributed by atoms with Crippen molar-refractivity contribution in [3.8, 4) is 22.9 Å². The fraction of sp³-hybridized carbons (Fsp3) is 0.348. The monoisotopic (exact) mass is 435 g/mol. The van der Waals surface area contributed by atoms with Gasteiger partial charge in [-0.1, -0.05) is 11.2 Å². The number of fused-ring (bicyclic) bond motifs is 1. The number of benzene rings is 2. The number of hydrogen-bond acceptors (Lipinski definition) is 9. The average Bonchev–Trinajstić information content (AvgIpc) is 3.46. The van der Waals surface area contributed by atoms with Gasteiger partial charge in [-0.2, -0.15) is 9.97 Å². The van der Waals surface area contributed by atoms with E-state index in [-0.39, 0.29) is 0 Å². The molecule has 0 atom stereocenters. The maximum atomic E-state index is 5.94. The molecule has 4 aromatic rings. The molecule has 0 amide bonds. The molecule has 32 heavy (non-hydrogen) atoms. The summed E-state index contributed by atoms with van der Waals surface area (Å²) < 4.78 is 22.1. The Morgan fingerprint density at radius 2 is 1.75 bits per heavy atom. The van der Waals surface area contributed by atoms with Gasteiger partial charge in [0.15, 0.2) is 17.1 Å². The number of piperazine rings is 1. The lowest BCUT2D eigenvalue weighted by Crippen LogP contribution is -2.46. The lowest BCUT2D eigenvalue weighted by Gasteiger charge is -2.32. The highest BCUT2D eigenvalue weighted by Crippen LogP contribution is 2.31. The second-order valence-corrected chi connectivity index (χ2v) is 7.81. The predicted octanol–water partition coefficient (Wildman–Crippen LogP) is 3.53. The molecule has 166 valence electrons. The van der Waals surface area contributed by atoms with Crippen LogP contribution in [0.2, 0.25) is 0 Å². The number of ether oxygens (including phenoxy) is 2. The van der Waals surface area contributed by atoms with Crippen molar-refractivity contribution < 1.29 is 18.4 Å². The molecular formula is C23H25N5O4. The Balaban J connectivity index is 1.22. The van der Waals surface area contributed by atoms with E-state index in [0.717, 1.165) is 42.8 Å². The zero-order chi connectivity index (χ0) is 22.1. The minimum atomic E-state index is 0.529. The molecule has 0 radical (unpaired) electrons. The summed E-state index contributed by atoms with van der Waals surface area (Å²) >= 11 is 0. The van der Waals surface area contributed by atoms with Crippen molar-refractivity contribution in [2.45, 2.75) is 13.5 Å². The molecule has 5 rings (SSSR count). The van der Waals surface area contributed by atoms with Crippen LogP contribution >= 0.6 is 0 Å². The van der Waals surface area contributed by atoms with Gasteiger partial charge in [0.25, 0.3) is 6.01 Å². The van der Waals surface area contributed by atoms with Crippen LogP contribution in [-0.4, -0.2) is 60.4 Å². The highest BCUT2D eigenvalue weighted by molar-refractivity contribution is 5.75. The molecule has 0 N–H and O–H groups in total. The zero-order valence-corrected chi connectivity index (χ0v) is 18.4. The first kappa shape index (κ1) is 20.3. The highest BCUT2D eigenvalue weighted by atomic mass is 16.5. The fourth-order valence-corrected chi connectivity index (χ4v) is 3.86. The molecule has 1 aliphatic rings. The van der Waals surface area contributed by atoms with Gasteiger partial charge in [0.05, 0.1) is 20.8 Å². The molecule has 9 nitrogen and oxygen atoms in total. The molecule has 0 spiro atoms. The normalized spacial score (nSPS) is 14.8. The van der Waals surface area contributed by atoms with E-state index in [2.05, 4.69) is 31.8 Å². The van der Waals surface area contributed by atoms with Gasteiger partial charge in [-0.25, -0.2) is 0 Å². The maximum absolute atomic E-state index is 5.94. The molecule has 0 saturated carbocycles. The van der Waals surface area contributed by atoms with E-state index in [0.29, 0.717) is 35.8 Å². The Hall–Kier alpha value is -3.59. The summed E-state index contributed by atoms with van der Waals surface area (Å²) in [5, 5.41) is 4.13. The van der Waals surface area contributed by atoms with Crippen LogP contribution in [0.3, 0.4) is 0 Å². The van der Waals surface area contributed by atoms with E-state index >= 15 is 0 Å². The largest absolute Gasteiger partial charge is 0.493 e. The van der Waals surface area contributed by atoms with Crippen molar-refractivity contribution in [2.75, 3.05) is 45.3 Å². The van der Waals surface area contributed by atoms with Gasteiger partial charge in [0.2, 0.25) is 11.7 Å². The molecule has 0 unspecified atom stereocenters. The van der Waals surface area contributed by atoms with E-state index in [1.807, 2.05) is 36.4 Å². The summed E-state index contributed by atoms with van der Waals surface area (Å²) in [6.07, 6.45) is 0. The number of oxazole rings is 1. The zero-order valence-electron chi connectivity index (χ0n) is 18.4. The number of rotatable bonds is 6. The minimum absolute atomic E-state index is 0.529. The Morgan fingerprint density at radius 3 is 2.53 bits per heavy atom. The van der Waals surface area contributed by atoms with Crippen molar-refractivity contribution in [3.05, 3.63) is 47.9 Å². The standard InChI is InChI=1S/C23H25N5O4/c1-15-4-6-18-17(12-15)24-23(31-18)28-10-8-27(9-11-28)14-21-25-22(26-32-21)16-5-7-19(29-2)20(13-16)30-3/h4-7,12-13H,8-11,14H2,1-3H3. The lowest BCUT2D eigenvalue weighted by atomic mass is 10.2. The van der Waals surface area contributed by atoms with Crippen LogP contribution in [0.1, 0.15) is 11.5 Å². The number of aromatic nitrogens is 3. The van der Waals surface area contributed by atoms with Gasteiger partial charge in [0, 0.05) is 31.7 Å². The number of nitrogens with zero attached hydrogens (tertiary/aromatic N) is 5. The van der Waals surface area contributed by atoms with Crippen LogP contribution < -0.4 is 14.4 Å². The predicted molar refractivity (Wildman–Crippen MR) is 119 cm³/mol. The van der Waals surface area contributed by atoms with Crippen LogP contribution in [-0.2, 0) is 6.54 Å². The minimum Gasteiger partial charge on any atom is -0.493 e. The van der Waals surface area contributed by atoms with E-state index in [1.165, 1.54) is 5.56 Å². The summed E-state index contributed by atoms with van der Waals surface area (Å²) in [4.78, 5) is 13.7. The molecule has 2 aromatic carbocycles. The quantitative estimate of drug-likeness (QED) is 0.451. The first-order chi connectivity index (χ1) is 15.6. The van der Waals surface area contributed by atoms with E-state index in [4.69, 9.17) is 18.4 Å². The Labute approximate surface area is 185 Å². The van der Waals surface area contributed by atoms with Crippen LogP contribution in [0.15, 0.2) is 45.3 Å². The molecule has 9 heteroatoms. The van der Waals surface area contributed by atoms with Gasteiger partial charge in [0.1, 0.15) is 5.52 Å². The second-order valence-electron chi connectivity index (χ2n) is 7.81. The topological polar surface area (TPSA) is 89.9 Å². The van der Waals surface area contributed by atoms with Gasteiger partial charge >= 0.3 is 0 Å². The Morgan fingerprint density at radius 1 is 0.938 bits per heavy atom. The number of aryl methyl sites for hydroxylation is 1. The third-order valence-corrected chi connectivity index (χ3v) is 5.64. The summed E-state index contributed by atoms with van der Waals surface area (Å²) in [5.74, 6) is 2.40. The van der Waals surface area contributed by atoms with Crippen LogP contribution in [0.25, 0.3) is 22.5 Å². The number of methoxy groups -OCH3 is 2. The van der Waals surface area contributed by atoms with Gasteiger partial charge in [-0.3, -0.25) is 4.90 Å². The summed E-state index contributed by atoms with van der Waals surface area (Å²) in [7, 11) is 3.21. The summed E-state index contributed by atoms with van der Waals surface area (Å²) in [6, 6.07) is 12.3. The molecule has 0 bridgehead atoms. The van der Waals surface area contributed by atoms with Crippen LogP contribution in [0.5, 0.6) is 11.5 Å². The smallest absolute Gasteiger partial charge is 0.298 e. The van der Waals surface area contributed by atoms with Gasteiger partial charge in [-0.15, -0.1) is 0 Å².